The molecular weight excluding hydrogens is 583 g/mol. The van der Waals surface area contributed by atoms with Crippen LogP contribution >= 0.6 is 23.2 Å². The number of anilines is 2. The molecule has 216 valence electrons. The first-order chi connectivity index (χ1) is 19.7. The second-order valence-corrected chi connectivity index (χ2v) is 12.9. The Morgan fingerprint density at radius 2 is 1.83 bits per heavy atom. The van der Waals surface area contributed by atoms with Crippen molar-refractivity contribution in [2.24, 2.45) is 0 Å². The van der Waals surface area contributed by atoms with Crippen LogP contribution in [0.4, 0.5) is 11.5 Å². The van der Waals surface area contributed by atoms with E-state index in [1.807, 2.05) is 11.8 Å². The van der Waals surface area contributed by atoms with Gasteiger partial charge in [0.2, 0.25) is 5.91 Å². The lowest BCUT2D eigenvalue weighted by Gasteiger charge is -2.40. The third-order valence-corrected chi connectivity index (χ3v) is 9.35. The van der Waals surface area contributed by atoms with Gasteiger partial charge in [-0.15, -0.1) is 0 Å². The highest BCUT2D eigenvalue weighted by Gasteiger charge is 2.30. The number of hydrogen-bond acceptors (Lipinski definition) is 7. The Bertz CT molecular complexity index is 1640. The fourth-order valence-corrected chi connectivity index (χ4v) is 7.07. The topological polar surface area (TPSA) is 100 Å². The van der Waals surface area contributed by atoms with Gasteiger partial charge in [-0.3, -0.25) is 4.79 Å². The molecule has 9 nitrogen and oxygen atoms in total. The molecule has 1 atom stereocenters. The zero-order valence-corrected chi connectivity index (χ0v) is 25.3. The Balaban J connectivity index is 1.38. The fourth-order valence-electron chi connectivity index (χ4n) is 5.24. The molecule has 4 aromatic rings. The van der Waals surface area contributed by atoms with Gasteiger partial charge in [0.15, 0.2) is 5.65 Å². The maximum absolute atomic E-state index is 13.5. The van der Waals surface area contributed by atoms with Crippen molar-refractivity contribution in [3.63, 3.8) is 0 Å². The van der Waals surface area contributed by atoms with Gasteiger partial charge >= 0.3 is 0 Å². The van der Waals surface area contributed by atoms with E-state index >= 15 is 0 Å². The molecule has 0 saturated carbocycles. The van der Waals surface area contributed by atoms with Gasteiger partial charge in [-0.25, -0.2) is 22.4 Å². The average Bonchev–Trinajstić information content (AvgIpc) is 3.40. The molecule has 1 amide bonds. The minimum atomic E-state index is -3.84. The molecule has 1 fully saturated rings. The van der Waals surface area contributed by atoms with Gasteiger partial charge in [-0.05, 0) is 62.6 Å². The number of nitrogens with zero attached hydrogens (tertiary/aromatic N) is 5. The van der Waals surface area contributed by atoms with Crippen molar-refractivity contribution < 1.29 is 13.2 Å². The predicted octanol–water partition coefficient (Wildman–Crippen LogP) is 5.60. The highest BCUT2D eigenvalue weighted by molar-refractivity contribution is 7.90. The summed E-state index contributed by atoms with van der Waals surface area (Å²) in [5.74, 6) is 0.645. The summed E-state index contributed by atoms with van der Waals surface area (Å²) in [5, 5.41) is 4.78. The van der Waals surface area contributed by atoms with E-state index in [9.17, 15) is 13.2 Å². The van der Waals surface area contributed by atoms with Crippen LogP contribution in [0.25, 0.3) is 11.0 Å². The van der Waals surface area contributed by atoms with E-state index in [2.05, 4.69) is 27.1 Å². The quantitative estimate of drug-likeness (QED) is 0.262. The van der Waals surface area contributed by atoms with Gasteiger partial charge < -0.3 is 15.1 Å². The summed E-state index contributed by atoms with van der Waals surface area (Å²) in [5.41, 5.74) is 1.99. The Morgan fingerprint density at radius 1 is 1.10 bits per heavy atom. The van der Waals surface area contributed by atoms with Crippen LogP contribution < -0.4 is 10.2 Å². The Kier molecular flexibility index (Phi) is 8.72. The molecule has 1 saturated heterocycles. The largest absolute Gasteiger partial charge is 0.376 e. The van der Waals surface area contributed by atoms with Crippen LogP contribution in [-0.4, -0.2) is 65.4 Å². The van der Waals surface area contributed by atoms with Crippen LogP contribution in [0.2, 0.25) is 10.0 Å². The van der Waals surface area contributed by atoms with Gasteiger partial charge in [0.1, 0.15) is 12.1 Å². The normalized spacial score (nSPS) is 15.7. The number of aryl methyl sites for hydroxylation is 1. The first-order valence-electron chi connectivity index (χ1n) is 13.6. The molecule has 12 heteroatoms. The molecule has 41 heavy (non-hydrogen) atoms. The third-order valence-electron chi connectivity index (χ3n) is 7.24. The van der Waals surface area contributed by atoms with E-state index in [1.54, 1.807) is 48.5 Å². The second-order valence-electron chi connectivity index (χ2n) is 10.2. The van der Waals surface area contributed by atoms with E-state index in [-0.39, 0.29) is 23.4 Å². The predicted molar refractivity (Wildman–Crippen MR) is 163 cm³/mol. The van der Waals surface area contributed by atoms with Crippen molar-refractivity contribution in [3.05, 3.63) is 76.7 Å². The molecule has 5 rings (SSSR count). The van der Waals surface area contributed by atoms with E-state index < -0.39 is 10.0 Å². The highest BCUT2D eigenvalue weighted by Crippen LogP contribution is 2.30. The molecule has 3 heterocycles. The zero-order chi connectivity index (χ0) is 29.1. The number of halogens is 2. The fraction of sp³-hybridized carbons (Fsp3) is 0.345. The summed E-state index contributed by atoms with van der Waals surface area (Å²) in [6, 6.07) is 13.6. The van der Waals surface area contributed by atoms with Crippen LogP contribution in [0.3, 0.4) is 0 Å². The highest BCUT2D eigenvalue weighted by atomic mass is 35.5. The second kappa shape index (κ2) is 12.3. The SMILES string of the molecule is CCCN(c1ncnc2c1ccn2S(=O)(=O)c1ccc(C)cc1)[C@H]1CCCN(C(=O)CNc2cc(Cl)cc(Cl)c2)C1. The van der Waals surface area contributed by atoms with Gasteiger partial charge in [0.25, 0.3) is 10.0 Å². The number of hydrogen-bond donors (Lipinski definition) is 1. The summed E-state index contributed by atoms with van der Waals surface area (Å²) >= 11 is 12.2. The lowest BCUT2D eigenvalue weighted by molar-refractivity contribution is -0.130. The van der Waals surface area contributed by atoms with Gasteiger partial charge in [-0.1, -0.05) is 47.8 Å². The van der Waals surface area contributed by atoms with Crippen molar-refractivity contribution in [3.8, 4) is 0 Å². The molecule has 0 spiro atoms. The summed E-state index contributed by atoms with van der Waals surface area (Å²) in [6.07, 6.45) is 5.53. The first kappa shape index (κ1) is 29.2. The average molecular weight is 616 g/mol. The minimum absolute atomic E-state index is 0.0171. The first-order valence-corrected chi connectivity index (χ1v) is 15.8. The number of nitrogens with one attached hydrogen (secondary N) is 1. The molecular formula is C29H32Cl2N6O3S. The standard InChI is InChI=1S/C29H32Cl2N6O3S/c1-3-11-36(24-5-4-12-35(18-24)27(38)17-32-23-15-21(30)14-22(31)16-23)28-26-10-13-37(29(26)34-19-33-28)41(39,40)25-8-6-20(2)7-9-25/h6-10,13-16,19,24,32H,3-5,11-12,17-18H2,1-2H3/t24-/m0/s1. The number of carbonyl (C=O) groups excluding carboxylic acids is 1. The maximum atomic E-state index is 13.5. The Labute approximate surface area is 250 Å². The lowest BCUT2D eigenvalue weighted by Crippen LogP contribution is -2.51. The van der Waals surface area contributed by atoms with Crippen molar-refractivity contribution in [2.45, 2.75) is 44.0 Å². The smallest absolute Gasteiger partial charge is 0.269 e. The lowest BCUT2D eigenvalue weighted by atomic mass is 10.0. The zero-order valence-electron chi connectivity index (χ0n) is 22.9. The van der Waals surface area contributed by atoms with Crippen LogP contribution in [0.1, 0.15) is 31.7 Å². The van der Waals surface area contributed by atoms with Crippen molar-refractivity contribution in [2.75, 3.05) is 36.4 Å². The van der Waals surface area contributed by atoms with Crippen LogP contribution in [0, 0.1) is 6.92 Å². The molecule has 0 aliphatic carbocycles. The molecule has 1 N–H and O–H groups in total. The van der Waals surface area contributed by atoms with E-state index in [0.717, 1.165) is 24.8 Å². The minimum Gasteiger partial charge on any atom is -0.376 e. The van der Waals surface area contributed by atoms with Gasteiger partial charge in [0.05, 0.1) is 16.8 Å². The number of benzene rings is 2. The number of fused-ring (bicyclic) bond motifs is 1. The molecule has 0 bridgehead atoms. The van der Waals surface area contributed by atoms with Crippen LogP contribution in [-0.2, 0) is 14.8 Å². The molecule has 0 radical (unpaired) electrons. The van der Waals surface area contributed by atoms with Gasteiger partial charge in [-0.2, -0.15) is 0 Å². The molecule has 2 aromatic carbocycles. The number of carbonyl (C=O) groups is 1. The van der Waals surface area contributed by atoms with Crippen molar-refractivity contribution in [1.82, 2.24) is 18.8 Å². The van der Waals surface area contributed by atoms with E-state index in [1.165, 1.54) is 16.5 Å². The van der Waals surface area contributed by atoms with E-state index in [4.69, 9.17) is 23.2 Å². The number of likely N-dealkylation sites (tertiary alicyclic amines) is 1. The third kappa shape index (κ3) is 6.29. The summed E-state index contributed by atoms with van der Waals surface area (Å²) in [7, 11) is -3.84. The number of piperidine rings is 1. The van der Waals surface area contributed by atoms with Crippen molar-refractivity contribution >= 4 is 61.7 Å². The molecule has 1 aliphatic heterocycles. The number of rotatable bonds is 9. The molecule has 1 aliphatic rings. The number of amides is 1. The Morgan fingerprint density at radius 3 is 2.54 bits per heavy atom. The van der Waals surface area contributed by atoms with Crippen molar-refractivity contribution in [1.29, 1.82) is 0 Å². The van der Waals surface area contributed by atoms with Crippen LogP contribution in [0.15, 0.2) is 66.0 Å². The summed E-state index contributed by atoms with van der Waals surface area (Å²) in [4.78, 5) is 26.4. The monoisotopic (exact) mass is 614 g/mol. The molecule has 0 unspecified atom stereocenters. The summed E-state index contributed by atoms with van der Waals surface area (Å²) in [6.45, 7) is 6.02. The van der Waals surface area contributed by atoms with Crippen LogP contribution in [0.5, 0.6) is 0 Å². The Hall–Kier alpha value is -3.34. The molecule has 2 aromatic heterocycles. The summed E-state index contributed by atoms with van der Waals surface area (Å²) < 4.78 is 28.2. The van der Waals surface area contributed by atoms with Gasteiger partial charge in [0, 0.05) is 47.6 Å². The maximum Gasteiger partial charge on any atom is 0.269 e. The van der Waals surface area contributed by atoms with E-state index in [0.29, 0.717) is 52.2 Å². The number of aromatic nitrogens is 3.